The van der Waals surface area contributed by atoms with Crippen molar-refractivity contribution in [1.29, 1.82) is 0 Å². The number of nitrogens with two attached hydrogens (primary N) is 1. The Morgan fingerprint density at radius 3 is 2.43 bits per heavy atom. The molecule has 0 bridgehead atoms. The average molecular weight is 202 g/mol. The number of primary amides is 1. The Morgan fingerprint density at radius 2 is 2.07 bits per heavy atom. The lowest BCUT2D eigenvalue weighted by Crippen LogP contribution is -2.42. The van der Waals surface area contributed by atoms with Gasteiger partial charge in [0.2, 0.25) is 5.91 Å². The fourth-order valence-corrected chi connectivity index (χ4v) is 0.887. The second-order valence-corrected chi connectivity index (χ2v) is 4.63. The van der Waals surface area contributed by atoms with Gasteiger partial charge in [0.05, 0.1) is 6.61 Å². The number of likely N-dealkylation sites (N-methyl/N-ethyl adjacent to an activating group) is 1. The summed E-state index contributed by atoms with van der Waals surface area (Å²) in [5, 5.41) is 2.80. The monoisotopic (exact) mass is 202 g/mol. The van der Waals surface area contributed by atoms with E-state index in [2.05, 4.69) is 26.1 Å². The molecule has 0 aromatic carbocycles. The lowest BCUT2D eigenvalue weighted by molar-refractivity contribution is -0.121. The molecule has 0 spiro atoms. The quantitative estimate of drug-likeness (QED) is 0.617. The fraction of sp³-hybridized carbons (Fsp3) is 0.900. The minimum atomic E-state index is -0.380. The van der Waals surface area contributed by atoms with Gasteiger partial charge >= 0.3 is 0 Å². The van der Waals surface area contributed by atoms with Crippen LogP contribution in [0.1, 0.15) is 27.2 Å². The first-order valence-electron chi connectivity index (χ1n) is 4.91. The molecule has 14 heavy (non-hydrogen) atoms. The Morgan fingerprint density at radius 1 is 1.50 bits per heavy atom. The summed E-state index contributed by atoms with van der Waals surface area (Å²) in [6.45, 7) is 7.47. The standard InChI is InChI=1S/C10H22N2O2/c1-10(2,3)5-6-14-7-8(12-4)9(11)13/h8,12H,5-7H2,1-4H3,(H2,11,13). The number of hydrogen-bond donors (Lipinski definition) is 2. The Balaban J connectivity index is 3.58. The molecule has 3 N–H and O–H groups in total. The number of nitrogens with one attached hydrogen (secondary N) is 1. The molecule has 84 valence electrons. The van der Waals surface area contributed by atoms with Crippen LogP contribution < -0.4 is 11.1 Å². The molecule has 0 saturated carbocycles. The zero-order valence-electron chi connectivity index (χ0n) is 9.59. The molecule has 0 heterocycles. The van der Waals surface area contributed by atoms with Gasteiger partial charge in [-0.1, -0.05) is 20.8 Å². The van der Waals surface area contributed by atoms with Crippen molar-refractivity contribution in [3.05, 3.63) is 0 Å². The maximum atomic E-state index is 10.8. The average Bonchev–Trinajstić information content (AvgIpc) is 2.01. The van der Waals surface area contributed by atoms with E-state index in [9.17, 15) is 4.79 Å². The van der Waals surface area contributed by atoms with E-state index in [0.717, 1.165) is 6.42 Å². The first-order chi connectivity index (χ1) is 6.37. The molecule has 1 amide bonds. The molecular formula is C10H22N2O2. The van der Waals surface area contributed by atoms with Gasteiger partial charge in [0.1, 0.15) is 6.04 Å². The van der Waals surface area contributed by atoms with Gasteiger partial charge in [-0.25, -0.2) is 0 Å². The maximum Gasteiger partial charge on any atom is 0.236 e. The summed E-state index contributed by atoms with van der Waals surface area (Å²) in [7, 11) is 1.70. The Kier molecular flexibility index (Phi) is 5.72. The van der Waals surface area contributed by atoms with Gasteiger partial charge in [-0.3, -0.25) is 4.79 Å². The van der Waals surface area contributed by atoms with Gasteiger partial charge in [0, 0.05) is 6.61 Å². The highest BCUT2D eigenvalue weighted by molar-refractivity contribution is 5.79. The first kappa shape index (κ1) is 13.4. The van der Waals surface area contributed by atoms with E-state index < -0.39 is 0 Å². The van der Waals surface area contributed by atoms with Crippen LogP contribution >= 0.6 is 0 Å². The van der Waals surface area contributed by atoms with Gasteiger partial charge in [-0.2, -0.15) is 0 Å². The number of carbonyl (C=O) groups is 1. The summed E-state index contributed by atoms with van der Waals surface area (Å²) >= 11 is 0. The third-order valence-corrected chi connectivity index (χ3v) is 1.97. The van der Waals surface area contributed by atoms with E-state index in [0.29, 0.717) is 13.2 Å². The van der Waals surface area contributed by atoms with Gasteiger partial charge in [0.15, 0.2) is 0 Å². The Hall–Kier alpha value is -0.610. The van der Waals surface area contributed by atoms with E-state index >= 15 is 0 Å². The zero-order valence-corrected chi connectivity index (χ0v) is 9.59. The lowest BCUT2D eigenvalue weighted by atomic mass is 9.93. The molecule has 0 aliphatic rings. The van der Waals surface area contributed by atoms with Crippen LogP contribution in [0.25, 0.3) is 0 Å². The van der Waals surface area contributed by atoms with E-state index in [1.807, 2.05) is 0 Å². The van der Waals surface area contributed by atoms with Crippen molar-refractivity contribution in [2.75, 3.05) is 20.3 Å². The summed E-state index contributed by atoms with van der Waals surface area (Å²) in [6.07, 6.45) is 0.974. The highest BCUT2D eigenvalue weighted by Crippen LogP contribution is 2.17. The molecule has 0 aromatic heterocycles. The van der Waals surface area contributed by atoms with Crippen molar-refractivity contribution >= 4 is 5.91 Å². The summed E-state index contributed by atoms with van der Waals surface area (Å²) in [4.78, 5) is 10.8. The highest BCUT2D eigenvalue weighted by atomic mass is 16.5. The molecule has 4 heteroatoms. The molecule has 0 fully saturated rings. The predicted octanol–water partition coefficient (Wildman–Crippen LogP) is 0.513. The van der Waals surface area contributed by atoms with Crippen LogP contribution in [0.5, 0.6) is 0 Å². The second-order valence-electron chi connectivity index (χ2n) is 4.63. The van der Waals surface area contributed by atoms with Crippen LogP contribution in [0.2, 0.25) is 0 Å². The van der Waals surface area contributed by atoms with Crippen LogP contribution in [0.4, 0.5) is 0 Å². The van der Waals surface area contributed by atoms with Crippen molar-refractivity contribution < 1.29 is 9.53 Å². The number of amides is 1. The van der Waals surface area contributed by atoms with Crippen LogP contribution in [0.15, 0.2) is 0 Å². The largest absolute Gasteiger partial charge is 0.379 e. The molecule has 0 aromatic rings. The highest BCUT2D eigenvalue weighted by Gasteiger charge is 2.14. The molecule has 1 atom stereocenters. The molecule has 0 radical (unpaired) electrons. The normalized spacial score (nSPS) is 14.0. The van der Waals surface area contributed by atoms with E-state index in [4.69, 9.17) is 10.5 Å². The SMILES string of the molecule is CNC(COCCC(C)(C)C)C(N)=O. The van der Waals surface area contributed by atoms with Gasteiger partial charge in [0.25, 0.3) is 0 Å². The van der Waals surface area contributed by atoms with E-state index in [1.165, 1.54) is 0 Å². The van der Waals surface area contributed by atoms with Gasteiger partial charge < -0.3 is 15.8 Å². The number of hydrogen-bond acceptors (Lipinski definition) is 3. The van der Waals surface area contributed by atoms with Crippen LogP contribution in [-0.2, 0) is 9.53 Å². The van der Waals surface area contributed by atoms with Crippen molar-refractivity contribution in [1.82, 2.24) is 5.32 Å². The number of carbonyl (C=O) groups excluding carboxylic acids is 1. The Labute approximate surface area is 86.2 Å². The minimum absolute atomic E-state index is 0.266. The number of ether oxygens (including phenoxy) is 1. The van der Waals surface area contributed by atoms with Crippen molar-refractivity contribution in [2.45, 2.75) is 33.2 Å². The topological polar surface area (TPSA) is 64.3 Å². The van der Waals surface area contributed by atoms with Crippen molar-refractivity contribution in [2.24, 2.45) is 11.1 Å². The molecule has 0 aliphatic heterocycles. The first-order valence-corrected chi connectivity index (χ1v) is 4.91. The third-order valence-electron chi connectivity index (χ3n) is 1.97. The Bertz CT molecular complexity index is 175. The number of rotatable bonds is 6. The summed E-state index contributed by atoms with van der Waals surface area (Å²) in [5.74, 6) is -0.372. The van der Waals surface area contributed by atoms with E-state index in [1.54, 1.807) is 7.05 Å². The van der Waals surface area contributed by atoms with Crippen molar-refractivity contribution in [3.8, 4) is 0 Å². The van der Waals surface area contributed by atoms with Crippen LogP contribution in [0, 0.1) is 5.41 Å². The van der Waals surface area contributed by atoms with Crippen molar-refractivity contribution in [3.63, 3.8) is 0 Å². The fourth-order valence-electron chi connectivity index (χ4n) is 0.887. The smallest absolute Gasteiger partial charge is 0.236 e. The third kappa shape index (κ3) is 6.86. The molecule has 1 unspecified atom stereocenters. The van der Waals surface area contributed by atoms with Gasteiger partial charge in [-0.05, 0) is 18.9 Å². The van der Waals surface area contributed by atoms with Gasteiger partial charge in [-0.15, -0.1) is 0 Å². The summed E-state index contributed by atoms with van der Waals surface area (Å²) < 4.78 is 5.36. The zero-order chi connectivity index (χ0) is 11.2. The molecule has 4 nitrogen and oxygen atoms in total. The predicted molar refractivity (Wildman–Crippen MR) is 56.9 cm³/mol. The summed E-state index contributed by atoms with van der Waals surface area (Å²) in [6, 6.07) is -0.380. The van der Waals surface area contributed by atoms with Crippen LogP contribution in [-0.4, -0.2) is 32.2 Å². The molecule has 0 saturated heterocycles. The molecular weight excluding hydrogens is 180 g/mol. The maximum absolute atomic E-state index is 10.8. The molecule has 0 aliphatic carbocycles. The van der Waals surface area contributed by atoms with E-state index in [-0.39, 0.29) is 17.4 Å². The minimum Gasteiger partial charge on any atom is -0.379 e. The second kappa shape index (κ2) is 5.98. The lowest BCUT2D eigenvalue weighted by Gasteiger charge is -2.19. The molecule has 0 rings (SSSR count). The summed E-state index contributed by atoms with van der Waals surface area (Å²) in [5.41, 5.74) is 5.40. The van der Waals surface area contributed by atoms with Crippen LogP contribution in [0.3, 0.4) is 0 Å².